The third-order valence-electron chi connectivity index (χ3n) is 2.72. The largest absolute Gasteiger partial charge is 0.253 e. The van der Waals surface area contributed by atoms with Crippen LogP contribution in [-0.4, -0.2) is 10.9 Å². The maximum Gasteiger partial charge on any atom is 0.0720 e. The second-order valence-corrected chi connectivity index (χ2v) is 4.71. The fraction of sp³-hybridized carbons (Fsp3) is 0.308. The summed E-state index contributed by atoms with van der Waals surface area (Å²) in [5.74, 6) is 0.569. The van der Waals surface area contributed by atoms with Gasteiger partial charge in [-0.15, -0.1) is 11.6 Å². The molecule has 0 bridgehead atoms. The van der Waals surface area contributed by atoms with Crippen molar-refractivity contribution in [3.63, 3.8) is 0 Å². The van der Waals surface area contributed by atoms with Gasteiger partial charge in [-0.1, -0.05) is 23.2 Å². The van der Waals surface area contributed by atoms with E-state index in [1.807, 2.05) is 19.1 Å². The molecule has 0 aliphatic carbocycles. The van der Waals surface area contributed by atoms with Gasteiger partial charge in [0.15, 0.2) is 0 Å². The second kappa shape index (κ2) is 4.60. The SMILES string of the molecule is Cc1ccc2nc(C)c(CCCl)c(Cl)c2c1. The van der Waals surface area contributed by atoms with E-state index >= 15 is 0 Å². The molecule has 1 aromatic carbocycles. The number of fused-ring (bicyclic) bond motifs is 1. The van der Waals surface area contributed by atoms with Crippen LogP contribution >= 0.6 is 23.2 Å². The van der Waals surface area contributed by atoms with Crippen LogP contribution in [0.4, 0.5) is 0 Å². The van der Waals surface area contributed by atoms with E-state index in [1.54, 1.807) is 0 Å². The molecular formula is C13H13Cl2N. The molecule has 0 saturated heterocycles. The molecule has 2 rings (SSSR count). The molecule has 0 spiro atoms. The molecule has 0 radical (unpaired) electrons. The predicted molar refractivity (Wildman–Crippen MR) is 70.7 cm³/mol. The fourth-order valence-corrected chi connectivity index (χ4v) is 2.45. The van der Waals surface area contributed by atoms with Gasteiger partial charge in [-0.05, 0) is 38.0 Å². The number of hydrogen-bond acceptors (Lipinski definition) is 1. The second-order valence-electron chi connectivity index (χ2n) is 3.95. The zero-order valence-electron chi connectivity index (χ0n) is 9.35. The Bertz CT molecular complexity index is 535. The monoisotopic (exact) mass is 253 g/mol. The minimum Gasteiger partial charge on any atom is -0.253 e. The maximum absolute atomic E-state index is 6.40. The number of pyridine rings is 1. The van der Waals surface area contributed by atoms with E-state index in [2.05, 4.69) is 18.0 Å². The van der Waals surface area contributed by atoms with Crippen molar-refractivity contribution in [2.75, 3.05) is 5.88 Å². The van der Waals surface area contributed by atoms with Crippen molar-refractivity contribution in [1.29, 1.82) is 0 Å². The zero-order chi connectivity index (χ0) is 11.7. The standard InChI is InChI=1S/C13H13Cl2N/c1-8-3-4-12-11(7-8)13(15)10(5-6-14)9(2)16-12/h3-4,7H,5-6H2,1-2H3. The van der Waals surface area contributed by atoms with Crippen molar-refractivity contribution in [3.8, 4) is 0 Å². The number of aryl methyl sites for hydroxylation is 2. The van der Waals surface area contributed by atoms with E-state index in [1.165, 1.54) is 5.56 Å². The maximum atomic E-state index is 6.40. The molecule has 0 amide bonds. The summed E-state index contributed by atoms with van der Waals surface area (Å²) in [5.41, 5.74) is 4.18. The molecule has 2 aromatic rings. The van der Waals surface area contributed by atoms with Crippen molar-refractivity contribution < 1.29 is 0 Å². The summed E-state index contributed by atoms with van der Waals surface area (Å²) >= 11 is 12.2. The van der Waals surface area contributed by atoms with E-state index < -0.39 is 0 Å². The Kier molecular flexibility index (Phi) is 3.36. The smallest absolute Gasteiger partial charge is 0.0720 e. The molecule has 0 unspecified atom stereocenters. The van der Waals surface area contributed by atoms with Gasteiger partial charge in [0.2, 0.25) is 0 Å². The Labute approximate surface area is 105 Å². The Hall–Kier alpha value is -0.790. The number of rotatable bonds is 2. The lowest BCUT2D eigenvalue weighted by molar-refractivity contribution is 1.07. The Morgan fingerprint density at radius 2 is 2.00 bits per heavy atom. The van der Waals surface area contributed by atoms with Crippen LogP contribution in [0.5, 0.6) is 0 Å². The minimum atomic E-state index is 0.569. The van der Waals surface area contributed by atoms with Crippen LogP contribution in [0.3, 0.4) is 0 Å². The summed E-state index contributed by atoms with van der Waals surface area (Å²) < 4.78 is 0. The lowest BCUT2D eigenvalue weighted by Gasteiger charge is -2.10. The number of benzene rings is 1. The highest BCUT2D eigenvalue weighted by Crippen LogP contribution is 2.29. The van der Waals surface area contributed by atoms with Crippen molar-refractivity contribution >= 4 is 34.1 Å². The average molecular weight is 254 g/mol. The summed E-state index contributed by atoms with van der Waals surface area (Å²) in [6.07, 6.45) is 0.767. The van der Waals surface area contributed by atoms with Crippen LogP contribution in [0, 0.1) is 13.8 Å². The van der Waals surface area contributed by atoms with Gasteiger partial charge in [0.05, 0.1) is 10.5 Å². The summed E-state index contributed by atoms with van der Waals surface area (Å²) in [6, 6.07) is 6.13. The van der Waals surface area contributed by atoms with E-state index in [4.69, 9.17) is 23.2 Å². The number of hydrogen-bond donors (Lipinski definition) is 0. The molecular weight excluding hydrogens is 241 g/mol. The summed E-state index contributed by atoms with van der Waals surface area (Å²) in [4.78, 5) is 4.55. The quantitative estimate of drug-likeness (QED) is 0.728. The van der Waals surface area contributed by atoms with Crippen LogP contribution in [-0.2, 0) is 6.42 Å². The number of aromatic nitrogens is 1. The predicted octanol–water partition coefficient (Wildman–Crippen LogP) is 4.29. The first-order valence-corrected chi connectivity index (χ1v) is 6.16. The highest BCUT2D eigenvalue weighted by Gasteiger charge is 2.10. The van der Waals surface area contributed by atoms with Gasteiger partial charge in [-0.25, -0.2) is 0 Å². The van der Waals surface area contributed by atoms with Gasteiger partial charge in [0.1, 0.15) is 0 Å². The number of halogens is 2. The van der Waals surface area contributed by atoms with Gasteiger partial charge in [-0.3, -0.25) is 4.98 Å². The van der Waals surface area contributed by atoms with Crippen molar-refractivity contribution in [2.45, 2.75) is 20.3 Å². The molecule has 1 nitrogen and oxygen atoms in total. The van der Waals surface area contributed by atoms with E-state index in [0.717, 1.165) is 33.6 Å². The van der Waals surface area contributed by atoms with Crippen LogP contribution in [0.1, 0.15) is 16.8 Å². The fourth-order valence-electron chi connectivity index (χ4n) is 1.88. The van der Waals surface area contributed by atoms with Crippen LogP contribution < -0.4 is 0 Å². The average Bonchev–Trinajstić information content (AvgIpc) is 2.26. The molecule has 0 aliphatic rings. The Balaban J connectivity index is 2.74. The summed E-state index contributed by atoms with van der Waals surface area (Å²) in [5, 5.41) is 1.82. The third kappa shape index (κ3) is 2.02. The van der Waals surface area contributed by atoms with Gasteiger partial charge >= 0.3 is 0 Å². The Morgan fingerprint density at radius 3 is 2.69 bits per heavy atom. The van der Waals surface area contributed by atoms with Crippen molar-refractivity contribution in [1.82, 2.24) is 4.98 Å². The first kappa shape index (κ1) is 11.7. The zero-order valence-corrected chi connectivity index (χ0v) is 10.9. The van der Waals surface area contributed by atoms with Gasteiger partial charge < -0.3 is 0 Å². The van der Waals surface area contributed by atoms with Crippen molar-refractivity contribution in [3.05, 3.63) is 40.0 Å². The molecule has 0 aliphatic heterocycles. The van der Waals surface area contributed by atoms with Gasteiger partial charge in [0, 0.05) is 17.0 Å². The normalized spacial score (nSPS) is 11.0. The highest BCUT2D eigenvalue weighted by molar-refractivity contribution is 6.36. The van der Waals surface area contributed by atoms with E-state index in [-0.39, 0.29) is 0 Å². The van der Waals surface area contributed by atoms with E-state index in [9.17, 15) is 0 Å². The first-order chi connectivity index (χ1) is 7.63. The van der Waals surface area contributed by atoms with Crippen LogP contribution in [0.25, 0.3) is 10.9 Å². The lowest BCUT2D eigenvalue weighted by atomic mass is 10.1. The van der Waals surface area contributed by atoms with Gasteiger partial charge in [-0.2, -0.15) is 0 Å². The minimum absolute atomic E-state index is 0.569. The summed E-state index contributed by atoms with van der Waals surface area (Å²) in [6.45, 7) is 4.03. The van der Waals surface area contributed by atoms with Crippen LogP contribution in [0.15, 0.2) is 18.2 Å². The van der Waals surface area contributed by atoms with Gasteiger partial charge in [0.25, 0.3) is 0 Å². The Morgan fingerprint density at radius 1 is 1.25 bits per heavy atom. The molecule has 84 valence electrons. The summed E-state index contributed by atoms with van der Waals surface area (Å²) in [7, 11) is 0. The van der Waals surface area contributed by atoms with Crippen molar-refractivity contribution in [2.24, 2.45) is 0 Å². The lowest BCUT2D eigenvalue weighted by Crippen LogP contribution is -1.97. The molecule has 3 heteroatoms. The molecule has 0 fully saturated rings. The molecule has 0 N–H and O–H groups in total. The molecule has 1 aromatic heterocycles. The topological polar surface area (TPSA) is 12.9 Å². The number of alkyl halides is 1. The molecule has 1 heterocycles. The van der Waals surface area contributed by atoms with E-state index in [0.29, 0.717) is 5.88 Å². The number of nitrogens with zero attached hydrogens (tertiary/aromatic N) is 1. The molecule has 16 heavy (non-hydrogen) atoms. The third-order valence-corrected chi connectivity index (χ3v) is 3.34. The molecule has 0 saturated carbocycles. The highest BCUT2D eigenvalue weighted by atomic mass is 35.5. The molecule has 0 atom stereocenters. The first-order valence-electron chi connectivity index (χ1n) is 5.25. The van der Waals surface area contributed by atoms with Crippen LogP contribution in [0.2, 0.25) is 5.02 Å².